The van der Waals surface area contributed by atoms with Crippen molar-refractivity contribution in [3.63, 3.8) is 0 Å². The number of fused-ring (bicyclic) bond motifs is 2. The van der Waals surface area contributed by atoms with E-state index in [-0.39, 0.29) is 10.8 Å². The van der Waals surface area contributed by atoms with Crippen LogP contribution in [0.15, 0.2) is 12.2 Å². The van der Waals surface area contributed by atoms with E-state index in [1.165, 1.54) is 13.5 Å². The average Bonchev–Trinajstić information content (AvgIpc) is 2.62. The number of esters is 1. The van der Waals surface area contributed by atoms with Crippen LogP contribution in [-0.4, -0.2) is 28.0 Å². The van der Waals surface area contributed by atoms with Gasteiger partial charge in [-0.15, -0.1) is 0 Å². The minimum atomic E-state index is 0.00171. The third kappa shape index (κ3) is 1.13. The van der Waals surface area contributed by atoms with E-state index in [0.29, 0.717) is 20.9 Å². The van der Waals surface area contributed by atoms with Crippen LogP contribution in [0, 0.1) is 5.92 Å². The van der Waals surface area contributed by atoms with E-state index in [9.17, 15) is 4.79 Å². The van der Waals surface area contributed by atoms with Gasteiger partial charge in [-0.1, -0.05) is 0 Å². The summed E-state index contributed by atoms with van der Waals surface area (Å²) < 4.78 is 4.73. The molecule has 0 aromatic rings. The van der Waals surface area contributed by atoms with E-state index in [1.54, 1.807) is 0 Å². The predicted molar refractivity (Wildman–Crippen MR) is 42.5 cm³/mol. The number of ether oxygens (including phenoxy) is 1. The number of allylic oxidation sites excluding steroid dienone is 2. The molecule has 0 radical (unpaired) electrons. The zero-order chi connectivity index (χ0) is 7.84. The Balaban J connectivity index is 2.08. The molecule has 2 bridgehead atoms. The molecule has 0 saturated carbocycles. The van der Waals surface area contributed by atoms with Crippen LogP contribution in [0.4, 0.5) is 0 Å². The third-order valence-corrected chi connectivity index (χ3v) is 5.44. The van der Waals surface area contributed by atoms with Crippen LogP contribution in [0.5, 0.6) is 0 Å². The fraction of sp³-hybridized carbons (Fsp3) is 0.625. The minimum absolute atomic E-state index is 0.00171. The Morgan fingerprint density at radius 3 is 2.91 bits per heavy atom. The van der Waals surface area contributed by atoms with Crippen molar-refractivity contribution < 1.29 is 9.53 Å². The Kier molecular flexibility index (Phi) is 1.78. The molecule has 3 heteroatoms. The van der Waals surface area contributed by atoms with Crippen molar-refractivity contribution in [1.29, 1.82) is 0 Å². The molecule has 1 heterocycles. The van der Waals surface area contributed by atoms with Crippen molar-refractivity contribution in [2.75, 3.05) is 7.11 Å². The standard InChI is InChI=1S/C8H10O2Se/c1-10-8(9)7-5-2-3-6(4-5)11-7/h2-3,5-7H,4H2,1H3/t5-,6+,7?/m0/s1. The number of hydrogen-bond acceptors (Lipinski definition) is 2. The molecule has 1 unspecified atom stereocenters. The molecule has 2 aliphatic rings. The van der Waals surface area contributed by atoms with Crippen LogP contribution < -0.4 is 0 Å². The summed E-state index contributed by atoms with van der Waals surface area (Å²) in [6.45, 7) is 0. The SMILES string of the molecule is COC(=O)C1[Se][C@@H]2C=C[C@H]1C2. The zero-order valence-corrected chi connectivity index (χ0v) is 8.03. The summed E-state index contributed by atoms with van der Waals surface area (Å²) in [6.07, 6.45) is 5.63. The second kappa shape index (κ2) is 2.65. The first-order valence-electron chi connectivity index (χ1n) is 3.73. The Morgan fingerprint density at radius 1 is 1.64 bits per heavy atom. The maximum atomic E-state index is 11.2. The summed E-state index contributed by atoms with van der Waals surface area (Å²) in [7, 11) is 1.48. The summed E-state index contributed by atoms with van der Waals surface area (Å²) >= 11 is 0.465. The molecular formula is C8H10O2Se. The average molecular weight is 217 g/mol. The fourth-order valence-electron chi connectivity index (χ4n) is 1.65. The van der Waals surface area contributed by atoms with Crippen molar-refractivity contribution in [3.8, 4) is 0 Å². The van der Waals surface area contributed by atoms with Crippen molar-refractivity contribution in [2.45, 2.75) is 16.1 Å². The first-order valence-corrected chi connectivity index (χ1v) is 5.70. The number of methoxy groups -OCH3 is 1. The third-order valence-electron chi connectivity index (χ3n) is 2.22. The molecule has 1 aliphatic carbocycles. The normalized spacial score (nSPS) is 39.5. The molecule has 2 nitrogen and oxygen atoms in total. The molecule has 0 aromatic carbocycles. The topological polar surface area (TPSA) is 26.3 Å². The maximum absolute atomic E-state index is 11.2. The van der Waals surface area contributed by atoms with E-state index in [4.69, 9.17) is 4.74 Å². The summed E-state index contributed by atoms with van der Waals surface area (Å²) in [5, 5.41) is 0. The van der Waals surface area contributed by atoms with Crippen LogP contribution in [0.25, 0.3) is 0 Å². The van der Waals surface area contributed by atoms with Crippen LogP contribution in [0.1, 0.15) is 6.42 Å². The molecule has 0 spiro atoms. The fourth-order valence-corrected chi connectivity index (χ4v) is 4.81. The van der Waals surface area contributed by atoms with Gasteiger partial charge in [0.05, 0.1) is 0 Å². The van der Waals surface area contributed by atoms with Crippen molar-refractivity contribution in [2.24, 2.45) is 5.92 Å². The molecular weight excluding hydrogens is 207 g/mol. The second-order valence-corrected chi connectivity index (χ2v) is 5.81. The zero-order valence-electron chi connectivity index (χ0n) is 6.32. The Hall–Kier alpha value is -0.271. The van der Waals surface area contributed by atoms with Crippen LogP contribution in [-0.2, 0) is 9.53 Å². The van der Waals surface area contributed by atoms with Gasteiger partial charge in [-0.25, -0.2) is 0 Å². The van der Waals surface area contributed by atoms with Gasteiger partial charge >= 0.3 is 71.7 Å². The number of carbonyl (C=O) groups is 1. The molecule has 60 valence electrons. The second-order valence-electron chi connectivity index (χ2n) is 2.90. The number of carbonyl (C=O) groups excluding carboxylic acids is 1. The van der Waals surface area contributed by atoms with E-state index >= 15 is 0 Å². The number of rotatable bonds is 1. The van der Waals surface area contributed by atoms with E-state index in [1.807, 2.05) is 0 Å². The molecule has 0 aromatic heterocycles. The molecule has 2 rings (SSSR count). The van der Waals surface area contributed by atoms with Gasteiger partial charge in [0.15, 0.2) is 0 Å². The number of hydrogen-bond donors (Lipinski definition) is 0. The predicted octanol–water partition coefficient (Wildman–Crippen LogP) is 1.03. The van der Waals surface area contributed by atoms with Gasteiger partial charge < -0.3 is 0 Å². The van der Waals surface area contributed by atoms with Crippen LogP contribution >= 0.6 is 0 Å². The molecule has 1 fully saturated rings. The van der Waals surface area contributed by atoms with Gasteiger partial charge in [0.2, 0.25) is 0 Å². The summed E-state index contributed by atoms with van der Waals surface area (Å²) in [4.78, 5) is 12.1. The Morgan fingerprint density at radius 2 is 2.45 bits per heavy atom. The van der Waals surface area contributed by atoms with Gasteiger partial charge in [0.1, 0.15) is 0 Å². The quantitative estimate of drug-likeness (QED) is 0.372. The molecule has 11 heavy (non-hydrogen) atoms. The van der Waals surface area contributed by atoms with Gasteiger partial charge in [-0.3, -0.25) is 0 Å². The van der Waals surface area contributed by atoms with Gasteiger partial charge in [-0.2, -0.15) is 0 Å². The van der Waals surface area contributed by atoms with Crippen LogP contribution in [0.2, 0.25) is 9.63 Å². The first kappa shape index (κ1) is 7.38. The molecule has 0 N–H and O–H groups in total. The molecule has 3 atom stereocenters. The van der Waals surface area contributed by atoms with Gasteiger partial charge in [0.25, 0.3) is 0 Å². The molecule has 1 saturated heterocycles. The molecule has 1 aliphatic heterocycles. The van der Waals surface area contributed by atoms with Crippen LogP contribution in [0.3, 0.4) is 0 Å². The monoisotopic (exact) mass is 218 g/mol. The van der Waals surface area contributed by atoms with Crippen molar-refractivity contribution in [3.05, 3.63) is 12.2 Å². The first-order chi connectivity index (χ1) is 5.31. The summed E-state index contributed by atoms with van der Waals surface area (Å²) in [5.74, 6) is 0.509. The van der Waals surface area contributed by atoms with Crippen molar-refractivity contribution >= 4 is 20.9 Å². The molecule has 0 amide bonds. The van der Waals surface area contributed by atoms with E-state index in [2.05, 4.69) is 12.2 Å². The van der Waals surface area contributed by atoms with Gasteiger partial charge in [-0.05, 0) is 0 Å². The van der Waals surface area contributed by atoms with Crippen molar-refractivity contribution in [1.82, 2.24) is 0 Å². The van der Waals surface area contributed by atoms with Gasteiger partial charge in [0, 0.05) is 0 Å². The Labute approximate surface area is 72.1 Å². The van der Waals surface area contributed by atoms with E-state index in [0.717, 1.165) is 4.82 Å². The van der Waals surface area contributed by atoms with E-state index < -0.39 is 0 Å². The summed E-state index contributed by atoms with van der Waals surface area (Å²) in [5.41, 5.74) is 0. The Bertz CT molecular complexity index is 212. The summed E-state index contributed by atoms with van der Waals surface area (Å²) in [6, 6.07) is 0.